The number of hydrogen-bond donors (Lipinski definition) is 1. The molecule has 1 saturated heterocycles. The fourth-order valence-corrected chi connectivity index (χ4v) is 3.73. The predicted octanol–water partition coefficient (Wildman–Crippen LogP) is 3.94. The molecule has 32 heavy (non-hydrogen) atoms. The molecule has 7 nitrogen and oxygen atoms in total. The first kappa shape index (κ1) is 23.3. The Morgan fingerprint density at radius 2 is 1.81 bits per heavy atom. The summed E-state index contributed by atoms with van der Waals surface area (Å²) in [6.07, 6.45) is -0.0357. The number of ether oxygens (including phenoxy) is 3. The number of aliphatic hydroxyl groups excluding tert-OH is 1. The van der Waals surface area contributed by atoms with Crippen molar-refractivity contribution in [3.63, 3.8) is 0 Å². The van der Waals surface area contributed by atoms with E-state index < -0.39 is 17.7 Å². The molecular formula is C25H29NO6. The lowest BCUT2D eigenvalue weighted by Gasteiger charge is -2.25. The van der Waals surface area contributed by atoms with Crippen molar-refractivity contribution in [3.05, 3.63) is 65.2 Å². The van der Waals surface area contributed by atoms with Crippen LogP contribution in [0.2, 0.25) is 0 Å². The topological polar surface area (TPSA) is 85.3 Å². The molecule has 1 amide bonds. The summed E-state index contributed by atoms with van der Waals surface area (Å²) in [6, 6.07) is 13.3. The predicted molar refractivity (Wildman–Crippen MR) is 121 cm³/mol. The molecule has 1 unspecified atom stereocenters. The van der Waals surface area contributed by atoms with Gasteiger partial charge in [-0.05, 0) is 50.6 Å². The minimum absolute atomic E-state index is 0.0291. The Kier molecular flexibility index (Phi) is 7.53. The van der Waals surface area contributed by atoms with Crippen LogP contribution in [0.15, 0.2) is 54.1 Å². The van der Waals surface area contributed by atoms with Gasteiger partial charge >= 0.3 is 0 Å². The fraction of sp³-hybridized carbons (Fsp3) is 0.360. The highest BCUT2D eigenvalue weighted by atomic mass is 16.5. The number of carbonyl (C=O) groups is 2. The first-order valence-electron chi connectivity index (χ1n) is 10.6. The van der Waals surface area contributed by atoms with E-state index in [4.69, 9.17) is 14.2 Å². The monoisotopic (exact) mass is 439 g/mol. The van der Waals surface area contributed by atoms with Gasteiger partial charge in [-0.15, -0.1) is 0 Å². The molecule has 1 N–H and O–H groups in total. The van der Waals surface area contributed by atoms with Crippen molar-refractivity contribution in [1.82, 2.24) is 4.90 Å². The van der Waals surface area contributed by atoms with E-state index in [0.717, 1.165) is 0 Å². The van der Waals surface area contributed by atoms with Gasteiger partial charge < -0.3 is 24.2 Å². The first-order valence-corrected chi connectivity index (χ1v) is 10.6. The molecule has 0 bridgehead atoms. The van der Waals surface area contributed by atoms with E-state index in [1.54, 1.807) is 36.4 Å². The van der Waals surface area contributed by atoms with E-state index in [0.29, 0.717) is 29.2 Å². The summed E-state index contributed by atoms with van der Waals surface area (Å²) >= 11 is 0. The standard InChI is InChI=1S/C25H29NO6/c1-5-31-19-10-7-9-18(15-19)23(27)21-22(26(12-13-30-4)25(29)24(21)28)17-8-6-11-20(14-17)32-16(2)3/h6-11,14-16,22,27H,5,12-13H2,1-4H3/b23-21-. The lowest BCUT2D eigenvalue weighted by atomic mass is 9.95. The Hall–Kier alpha value is -3.32. The summed E-state index contributed by atoms with van der Waals surface area (Å²) in [6.45, 7) is 6.63. The zero-order valence-corrected chi connectivity index (χ0v) is 18.8. The van der Waals surface area contributed by atoms with Crippen molar-refractivity contribution in [3.8, 4) is 11.5 Å². The number of carbonyl (C=O) groups excluding carboxylic acids is 2. The maximum atomic E-state index is 13.0. The number of amides is 1. The summed E-state index contributed by atoms with van der Waals surface area (Å²) in [4.78, 5) is 27.4. The van der Waals surface area contributed by atoms with Crippen LogP contribution in [0.25, 0.3) is 5.76 Å². The molecule has 1 aliphatic rings. The molecule has 1 heterocycles. The van der Waals surface area contributed by atoms with Gasteiger partial charge in [-0.2, -0.15) is 0 Å². The number of likely N-dealkylation sites (tertiary alicyclic amines) is 1. The van der Waals surface area contributed by atoms with Gasteiger partial charge in [0.25, 0.3) is 11.7 Å². The Labute approximate surface area is 188 Å². The second-order valence-electron chi connectivity index (χ2n) is 7.69. The smallest absolute Gasteiger partial charge is 0.295 e. The zero-order valence-electron chi connectivity index (χ0n) is 18.8. The van der Waals surface area contributed by atoms with Gasteiger partial charge in [-0.1, -0.05) is 24.3 Å². The Morgan fingerprint density at radius 3 is 2.50 bits per heavy atom. The number of methoxy groups -OCH3 is 1. The van der Waals surface area contributed by atoms with Crippen molar-refractivity contribution < 1.29 is 28.9 Å². The highest BCUT2D eigenvalue weighted by Crippen LogP contribution is 2.40. The third-order valence-corrected chi connectivity index (χ3v) is 5.04. The van der Waals surface area contributed by atoms with Crippen molar-refractivity contribution in [2.45, 2.75) is 32.9 Å². The molecule has 0 saturated carbocycles. The van der Waals surface area contributed by atoms with E-state index in [1.165, 1.54) is 12.0 Å². The first-order chi connectivity index (χ1) is 15.4. The highest BCUT2D eigenvalue weighted by Gasteiger charge is 2.46. The third-order valence-electron chi connectivity index (χ3n) is 5.04. The van der Waals surface area contributed by atoms with Crippen LogP contribution in [0.3, 0.4) is 0 Å². The molecule has 3 rings (SSSR count). The largest absolute Gasteiger partial charge is 0.507 e. The van der Waals surface area contributed by atoms with Crippen LogP contribution in [-0.4, -0.2) is 54.7 Å². The quantitative estimate of drug-likeness (QED) is 0.362. The minimum atomic E-state index is -0.767. The molecule has 0 aliphatic carbocycles. The summed E-state index contributed by atoms with van der Waals surface area (Å²) in [5.41, 5.74) is 1.10. The maximum Gasteiger partial charge on any atom is 0.295 e. The molecule has 7 heteroatoms. The number of aliphatic hydroxyl groups is 1. The summed E-state index contributed by atoms with van der Waals surface area (Å²) in [7, 11) is 1.53. The van der Waals surface area contributed by atoms with Crippen LogP contribution in [-0.2, 0) is 14.3 Å². The van der Waals surface area contributed by atoms with Gasteiger partial charge in [0.2, 0.25) is 0 Å². The van der Waals surface area contributed by atoms with Crippen molar-refractivity contribution >= 4 is 17.4 Å². The Balaban J connectivity index is 2.14. The number of Topliss-reactive ketones (excluding diaryl/α,β-unsaturated/α-hetero) is 1. The van der Waals surface area contributed by atoms with Crippen molar-refractivity contribution in [2.75, 3.05) is 26.9 Å². The average Bonchev–Trinajstić information content (AvgIpc) is 3.02. The van der Waals surface area contributed by atoms with E-state index in [1.807, 2.05) is 32.9 Å². The molecule has 1 aliphatic heterocycles. The Bertz CT molecular complexity index is 1010. The van der Waals surface area contributed by atoms with Crippen LogP contribution in [0.4, 0.5) is 0 Å². The molecule has 170 valence electrons. The molecule has 0 aromatic heterocycles. The van der Waals surface area contributed by atoms with E-state index in [9.17, 15) is 14.7 Å². The second-order valence-corrected chi connectivity index (χ2v) is 7.69. The molecular weight excluding hydrogens is 410 g/mol. The number of ketones is 1. The second kappa shape index (κ2) is 10.3. The normalized spacial score (nSPS) is 17.8. The maximum absolute atomic E-state index is 13.0. The summed E-state index contributed by atoms with van der Waals surface area (Å²) in [5, 5.41) is 11.2. The average molecular weight is 440 g/mol. The van der Waals surface area contributed by atoms with Gasteiger partial charge in [0.1, 0.15) is 17.3 Å². The lowest BCUT2D eigenvalue weighted by Crippen LogP contribution is -2.32. The Morgan fingerprint density at radius 1 is 1.09 bits per heavy atom. The van der Waals surface area contributed by atoms with Crippen molar-refractivity contribution in [1.29, 1.82) is 0 Å². The van der Waals surface area contributed by atoms with Crippen LogP contribution in [0.1, 0.15) is 37.9 Å². The molecule has 1 fully saturated rings. The van der Waals surface area contributed by atoms with E-state index in [2.05, 4.69) is 0 Å². The summed E-state index contributed by atoms with van der Waals surface area (Å²) < 4.78 is 16.5. The number of benzene rings is 2. The number of hydrogen-bond acceptors (Lipinski definition) is 6. The number of nitrogens with zero attached hydrogens (tertiary/aromatic N) is 1. The van der Waals surface area contributed by atoms with E-state index in [-0.39, 0.29) is 30.6 Å². The molecule has 0 radical (unpaired) electrons. The van der Waals surface area contributed by atoms with Gasteiger partial charge in [0, 0.05) is 19.2 Å². The number of rotatable bonds is 9. The summed E-state index contributed by atoms with van der Waals surface area (Å²) in [5.74, 6) is -0.474. The molecule has 2 aromatic rings. The minimum Gasteiger partial charge on any atom is -0.507 e. The van der Waals surface area contributed by atoms with E-state index >= 15 is 0 Å². The van der Waals surface area contributed by atoms with Gasteiger partial charge in [-0.25, -0.2) is 0 Å². The lowest BCUT2D eigenvalue weighted by molar-refractivity contribution is -0.140. The van der Waals surface area contributed by atoms with Gasteiger partial charge in [0.05, 0.1) is 30.9 Å². The zero-order chi connectivity index (χ0) is 23.3. The molecule has 0 spiro atoms. The van der Waals surface area contributed by atoms with Crippen LogP contribution < -0.4 is 9.47 Å². The van der Waals surface area contributed by atoms with Crippen LogP contribution in [0.5, 0.6) is 11.5 Å². The third kappa shape index (κ3) is 4.94. The fourth-order valence-electron chi connectivity index (χ4n) is 3.73. The molecule has 1 atom stereocenters. The SMILES string of the molecule is CCOc1cccc(/C(O)=C2/C(=O)C(=O)N(CCOC)C2c2cccc(OC(C)C)c2)c1. The van der Waals surface area contributed by atoms with Crippen LogP contribution in [0, 0.1) is 0 Å². The highest BCUT2D eigenvalue weighted by molar-refractivity contribution is 6.46. The van der Waals surface area contributed by atoms with Crippen LogP contribution >= 0.6 is 0 Å². The van der Waals surface area contributed by atoms with Gasteiger partial charge in [-0.3, -0.25) is 9.59 Å². The van der Waals surface area contributed by atoms with Gasteiger partial charge in [0.15, 0.2) is 0 Å². The van der Waals surface area contributed by atoms with Crippen molar-refractivity contribution in [2.24, 2.45) is 0 Å². The molecule has 2 aromatic carbocycles.